The fourth-order valence-electron chi connectivity index (χ4n) is 3.90. The molecule has 142 valence electrons. The molecule has 0 spiro atoms. The highest BCUT2D eigenvalue weighted by atomic mass is 19.1. The molecule has 2 aliphatic rings. The van der Waals surface area contributed by atoms with E-state index in [-0.39, 0.29) is 11.7 Å². The van der Waals surface area contributed by atoms with Gasteiger partial charge in [-0.2, -0.15) is 0 Å². The van der Waals surface area contributed by atoms with Gasteiger partial charge in [0.2, 0.25) is 11.8 Å². The van der Waals surface area contributed by atoms with Gasteiger partial charge >= 0.3 is 0 Å². The third kappa shape index (κ3) is 4.06. The average Bonchev–Trinajstić information content (AvgIpc) is 3.43. The molecule has 0 aromatic heterocycles. The van der Waals surface area contributed by atoms with E-state index in [2.05, 4.69) is 4.90 Å². The number of hydrogen-bond donors (Lipinski definition) is 1. The minimum atomic E-state index is -0.921. The lowest BCUT2D eigenvalue weighted by molar-refractivity contribution is -0.142. The van der Waals surface area contributed by atoms with Crippen molar-refractivity contribution < 1.29 is 14.0 Å². The second-order valence-electron chi connectivity index (χ2n) is 7.76. The molecule has 1 aliphatic heterocycles. The molecular formula is C20H28FN3O2. The second-order valence-corrected chi connectivity index (χ2v) is 7.76. The lowest BCUT2D eigenvalue weighted by atomic mass is 9.95. The van der Waals surface area contributed by atoms with E-state index in [9.17, 15) is 14.0 Å². The van der Waals surface area contributed by atoms with Crippen LogP contribution in [0.5, 0.6) is 0 Å². The number of halogens is 1. The Labute approximate surface area is 154 Å². The first-order valence-corrected chi connectivity index (χ1v) is 9.43. The van der Waals surface area contributed by atoms with Crippen molar-refractivity contribution in [2.75, 3.05) is 33.2 Å². The molecular weight excluding hydrogens is 333 g/mol. The van der Waals surface area contributed by atoms with Crippen LogP contribution in [-0.4, -0.2) is 54.8 Å². The average molecular weight is 361 g/mol. The van der Waals surface area contributed by atoms with E-state index in [1.165, 1.54) is 6.07 Å². The third-order valence-electron chi connectivity index (χ3n) is 5.87. The summed E-state index contributed by atoms with van der Waals surface area (Å²) in [5, 5.41) is 0. The molecule has 1 aliphatic carbocycles. The monoisotopic (exact) mass is 361 g/mol. The molecule has 0 radical (unpaired) electrons. The van der Waals surface area contributed by atoms with Crippen molar-refractivity contribution >= 4 is 11.8 Å². The molecule has 0 unspecified atom stereocenters. The van der Waals surface area contributed by atoms with Gasteiger partial charge in [-0.05, 0) is 62.7 Å². The number of carbonyl (C=O) groups is 2. The number of likely N-dealkylation sites (tertiary alicyclic amines) is 1. The Kier molecular flexibility index (Phi) is 5.61. The number of nitrogens with zero attached hydrogens (tertiary/aromatic N) is 2. The molecule has 2 fully saturated rings. The summed E-state index contributed by atoms with van der Waals surface area (Å²) in [5.74, 6) is -0.299. The van der Waals surface area contributed by atoms with Gasteiger partial charge in [-0.15, -0.1) is 0 Å². The highest BCUT2D eigenvalue weighted by Crippen LogP contribution is 2.46. The number of piperidine rings is 1. The molecule has 1 aromatic carbocycles. The molecule has 6 heteroatoms. The first-order valence-electron chi connectivity index (χ1n) is 9.43. The van der Waals surface area contributed by atoms with Crippen LogP contribution in [-0.2, 0) is 16.0 Å². The maximum atomic E-state index is 13.7. The van der Waals surface area contributed by atoms with E-state index < -0.39 is 11.3 Å². The Morgan fingerprint density at radius 1 is 1.27 bits per heavy atom. The second kappa shape index (κ2) is 7.74. The van der Waals surface area contributed by atoms with E-state index in [1.54, 1.807) is 18.0 Å². The molecule has 1 aromatic rings. The fraction of sp³-hybridized carbons (Fsp3) is 0.600. The zero-order chi connectivity index (χ0) is 18.7. The topological polar surface area (TPSA) is 66.6 Å². The van der Waals surface area contributed by atoms with Gasteiger partial charge in [-0.25, -0.2) is 4.39 Å². The SMILES string of the molecule is CN(CC1CCN(CCc2ccccc2F)CC1)C(=O)C1(C(N)=O)CC1. The highest BCUT2D eigenvalue weighted by molar-refractivity contribution is 6.07. The Balaban J connectivity index is 1.42. The van der Waals surface area contributed by atoms with Crippen LogP contribution in [0.15, 0.2) is 24.3 Å². The smallest absolute Gasteiger partial charge is 0.238 e. The highest BCUT2D eigenvalue weighted by Gasteiger charge is 2.56. The molecule has 26 heavy (non-hydrogen) atoms. The van der Waals surface area contributed by atoms with E-state index in [4.69, 9.17) is 5.73 Å². The summed E-state index contributed by atoms with van der Waals surface area (Å²) in [6.07, 6.45) is 3.91. The Hall–Kier alpha value is -1.95. The van der Waals surface area contributed by atoms with Crippen molar-refractivity contribution in [2.45, 2.75) is 32.1 Å². The van der Waals surface area contributed by atoms with Gasteiger partial charge in [0.1, 0.15) is 11.2 Å². The number of primary amides is 1. The van der Waals surface area contributed by atoms with Crippen LogP contribution in [0, 0.1) is 17.2 Å². The van der Waals surface area contributed by atoms with Gasteiger partial charge in [0.15, 0.2) is 0 Å². The van der Waals surface area contributed by atoms with Gasteiger partial charge in [0, 0.05) is 20.1 Å². The molecule has 2 N–H and O–H groups in total. The number of rotatable bonds is 7. The first-order chi connectivity index (χ1) is 12.4. The summed E-state index contributed by atoms with van der Waals surface area (Å²) < 4.78 is 13.7. The van der Waals surface area contributed by atoms with Gasteiger partial charge in [-0.1, -0.05) is 18.2 Å². The summed E-state index contributed by atoms with van der Waals surface area (Å²) in [4.78, 5) is 28.0. The first kappa shape index (κ1) is 18.8. The lowest BCUT2D eigenvalue weighted by Gasteiger charge is -2.34. The van der Waals surface area contributed by atoms with Crippen molar-refractivity contribution in [2.24, 2.45) is 17.1 Å². The number of nitrogens with two attached hydrogens (primary N) is 1. The predicted molar refractivity (Wildman–Crippen MR) is 97.8 cm³/mol. The van der Waals surface area contributed by atoms with Crippen LogP contribution in [0.2, 0.25) is 0 Å². The number of amides is 2. The number of benzene rings is 1. The normalized spacial score (nSPS) is 19.9. The molecule has 1 saturated carbocycles. The zero-order valence-corrected chi connectivity index (χ0v) is 15.4. The van der Waals surface area contributed by atoms with Gasteiger partial charge in [0.25, 0.3) is 0 Å². The molecule has 1 heterocycles. The van der Waals surface area contributed by atoms with Gasteiger partial charge < -0.3 is 15.5 Å². The van der Waals surface area contributed by atoms with Crippen LogP contribution in [0.4, 0.5) is 4.39 Å². The lowest BCUT2D eigenvalue weighted by Crippen LogP contribution is -2.45. The molecule has 0 bridgehead atoms. The maximum Gasteiger partial charge on any atom is 0.238 e. The van der Waals surface area contributed by atoms with Crippen LogP contribution in [0.25, 0.3) is 0 Å². The van der Waals surface area contributed by atoms with E-state index in [0.29, 0.717) is 25.3 Å². The predicted octanol–water partition coefficient (Wildman–Crippen LogP) is 1.80. The maximum absolute atomic E-state index is 13.7. The zero-order valence-electron chi connectivity index (χ0n) is 15.4. The van der Waals surface area contributed by atoms with Gasteiger partial charge in [-0.3, -0.25) is 9.59 Å². The Bertz CT molecular complexity index is 667. The van der Waals surface area contributed by atoms with Crippen molar-refractivity contribution in [1.29, 1.82) is 0 Å². The number of hydrogen-bond acceptors (Lipinski definition) is 3. The standard InChI is InChI=1S/C20H28FN3O2/c1-23(19(26)20(9-10-20)18(22)25)14-15-6-11-24(12-7-15)13-8-16-4-2-3-5-17(16)21/h2-5,15H,6-14H2,1H3,(H2,22,25). The molecule has 2 amide bonds. The van der Waals surface area contributed by atoms with Crippen molar-refractivity contribution in [3.8, 4) is 0 Å². The molecule has 5 nitrogen and oxygen atoms in total. The molecule has 0 atom stereocenters. The third-order valence-corrected chi connectivity index (χ3v) is 5.87. The molecule has 3 rings (SSSR count). The van der Waals surface area contributed by atoms with Crippen LogP contribution in [0.1, 0.15) is 31.2 Å². The minimum Gasteiger partial charge on any atom is -0.369 e. The largest absolute Gasteiger partial charge is 0.369 e. The van der Waals surface area contributed by atoms with Crippen LogP contribution >= 0.6 is 0 Å². The van der Waals surface area contributed by atoms with Crippen molar-refractivity contribution in [3.63, 3.8) is 0 Å². The van der Waals surface area contributed by atoms with Crippen LogP contribution < -0.4 is 5.73 Å². The number of carbonyl (C=O) groups excluding carboxylic acids is 2. The minimum absolute atomic E-state index is 0.119. The fourth-order valence-corrected chi connectivity index (χ4v) is 3.90. The summed E-state index contributed by atoms with van der Waals surface area (Å²) in [6, 6.07) is 6.94. The summed E-state index contributed by atoms with van der Waals surface area (Å²) in [6.45, 7) is 3.45. The van der Waals surface area contributed by atoms with Crippen molar-refractivity contribution in [3.05, 3.63) is 35.6 Å². The summed E-state index contributed by atoms with van der Waals surface area (Å²) in [5.41, 5.74) is 5.24. The molecule has 1 saturated heterocycles. The van der Waals surface area contributed by atoms with Gasteiger partial charge in [0.05, 0.1) is 0 Å². The van der Waals surface area contributed by atoms with E-state index >= 15 is 0 Å². The summed E-state index contributed by atoms with van der Waals surface area (Å²) >= 11 is 0. The van der Waals surface area contributed by atoms with Crippen LogP contribution in [0.3, 0.4) is 0 Å². The Morgan fingerprint density at radius 3 is 2.50 bits per heavy atom. The Morgan fingerprint density at radius 2 is 1.92 bits per heavy atom. The van der Waals surface area contributed by atoms with Crippen molar-refractivity contribution in [1.82, 2.24) is 9.80 Å². The van der Waals surface area contributed by atoms with E-state index in [1.807, 2.05) is 12.1 Å². The van der Waals surface area contributed by atoms with E-state index in [0.717, 1.165) is 44.5 Å². The summed E-state index contributed by atoms with van der Waals surface area (Å²) in [7, 11) is 1.77. The quantitative estimate of drug-likeness (QED) is 0.753.